The first kappa shape index (κ1) is 79.7. The van der Waals surface area contributed by atoms with E-state index in [-0.39, 0.29) is 35.4 Å². The van der Waals surface area contributed by atoms with Gasteiger partial charge in [-0.25, -0.2) is 22.8 Å². The minimum atomic E-state index is -0.716. The molecular weight excluding hydrogens is 1580 g/mol. The Morgan fingerprint density at radius 1 is 0.470 bits per heavy atom. The number of benzene rings is 8. The molecule has 0 saturated heterocycles. The number of halogens is 8. The molecule has 4 N–H and O–H groups in total. The van der Waals surface area contributed by atoms with Crippen LogP contribution in [0.2, 0.25) is 30.1 Å². The Bertz CT molecular complexity index is 5730. The highest BCUT2D eigenvalue weighted by Gasteiger charge is 2.37. The summed E-state index contributed by atoms with van der Waals surface area (Å²) in [5, 5.41) is 37.5. The van der Waals surface area contributed by atoms with Gasteiger partial charge in [0.1, 0.15) is 17.4 Å². The minimum absolute atomic E-state index is 0.0534. The van der Waals surface area contributed by atoms with Gasteiger partial charge < -0.3 is 25.8 Å². The molecule has 0 saturated carbocycles. The van der Waals surface area contributed by atoms with Gasteiger partial charge in [0.15, 0.2) is 17.1 Å². The summed E-state index contributed by atoms with van der Waals surface area (Å²) < 4.78 is 37.8. The number of aliphatic hydroxyl groups excluding tert-OH is 1. The van der Waals surface area contributed by atoms with Gasteiger partial charge in [-0.3, -0.25) is 19.4 Å². The fraction of sp³-hybridized carbons (Fsp3) is 0.228. The maximum absolute atomic E-state index is 13.9. The summed E-state index contributed by atoms with van der Waals surface area (Å²) in [4.78, 5) is 45.4. The number of pyridine rings is 1. The first-order valence-electron chi connectivity index (χ1n) is 38.5. The molecule has 0 spiro atoms. The molecule has 23 heteroatoms. The zero-order valence-electron chi connectivity index (χ0n) is 62.8. The van der Waals surface area contributed by atoms with Crippen molar-refractivity contribution in [1.29, 1.82) is 0 Å². The lowest BCUT2D eigenvalue weighted by Gasteiger charge is -2.26. The maximum atomic E-state index is 13.9. The van der Waals surface area contributed by atoms with E-state index in [0.717, 1.165) is 180 Å². The Morgan fingerprint density at radius 3 is 1.34 bits per heavy atom. The van der Waals surface area contributed by atoms with E-state index in [9.17, 15) is 28.3 Å². The largest absolute Gasteiger partial charge is 0.497 e. The number of nitrogens with zero attached hydrogens (tertiary/aromatic N) is 7. The number of nitrogens with one attached hydrogen (secondary N) is 3. The normalized spacial score (nSPS) is 17.2. The number of allylic oxidation sites excluding steroid dienone is 3. The van der Waals surface area contributed by atoms with E-state index >= 15 is 0 Å². The summed E-state index contributed by atoms with van der Waals surface area (Å²) in [5.41, 5.74) is 19.4. The lowest BCUT2D eigenvalue weighted by Crippen LogP contribution is -2.34. The van der Waals surface area contributed by atoms with E-state index in [0.29, 0.717) is 83.7 Å². The van der Waals surface area contributed by atoms with Gasteiger partial charge in [0, 0.05) is 44.4 Å². The number of ether oxygens (including phenoxy) is 1. The lowest BCUT2D eigenvalue weighted by molar-refractivity contribution is 0.0851. The zero-order chi connectivity index (χ0) is 79.8. The first-order valence-corrected chi connectivity index (χ1v) is 40.8. The molecule has 5 aliphatic rings. The van der Waals surface area contributed by atoms with E-state index in [4.69, 9.17) is 89.6 Å². The molecule has 4 aromatic heterocycles. The molecule has 3 amide bonds. The Kier molecular flexibility index (Phi) is 25.1. The summed E-state index contributed by atoms with van der Waals surface area (Å²) in [6.07, 6.45) is 20.9. The van der Waals surface area contributed by atoms with Crippen LogP contribution in [0.4, 0.5) is 8.78 Å². The van der Waals surface area contributed by atoms with Gasteiger partial charge in [0.25, 0.3) is 17.7 Å². The minimum Gasteiger partial charge on any atom is -0.497 e. The number of carbonyl (C=O) groups excluding carboxylic acids is 3. The van der Waals surface area contributed by atoms with Crippen LogP contribution in [0.15, 0.2) is 200 Å². The molecule has 8 aromatic carbocycles. The third kappa shape index (κ3) is 18.1. The topological polar surface area (TPSA) is 183 Å². The standard InChI is InChI=1S/C32H28Cl2FN3O.C31H26Cl2FN3O2.C29H26Cl2N4O2/c33-23-14-17-29(27(34)19-23)38-31-22(18-20-12-15-24(35)16-13-20)7-2-4-10-26(31)30(37-38)32(39)36-28-11-5-8-21-6-1-3-9-25(21)28;32-21-11-14-26(25(33)17-21)37-30-20(15-18-9-12-22(34)13-10-18)6-2-4-8-24(30)29(36-37)31(39)35-28-23-7-3-1-5-19(23)16-27(28)38;1-37-23-12-9-19(10-13-23)16-20-6-2-3-8-24-27(29(36)33-18-22-7-4-5-15-32-22)34-35(28(20)24)26-14-11-21(30)17-25(26)31/h1,3,6,9,12-19,28H,2,4-5,7-8,10-11H2,(H,36,39);1,3,5,7,9-15,17,27-28,38H,2,4,6,8,16H2,(H,35,39);4-5,7,9-17H,2-3,6,8,18H2,1H3,(H,33,36)/b22-18+;20-15+;20-16+/t28-;27-,28+;/m11./s1. The van der Waals surface area contributed by atoms with Crippen LogP contribution in [-0.4, -0.2) is 70.4 Å². The molecule has 3 atom stereocenters. The van der Waals surface area contributed by atoms with Crippen LogP contribution in [0.5, 0.6) is 5.75 Å². The van der Waals surface area contributed by atoms with E-state index in [1.54, 1.807) is 94.1 Å². The molecular formula is C92H80Cl6F2N10O5. The maximum Gasteiger partial charge on any atom is 0.272 e. The van der Waals surface area contributed by atoms with Crippen molar-refractivity contribution in [1.82, 2.24) is 50.3 Å². The molecule has 4 heterocycles. The number of carbonyl (C=O) groups is 3. The molecule has 5 aliphatic carbocycles. The Hall–Kier alpha value is -10.5. The van der Waals surface area contributed by atoms with Crippen molar-refractivity contribution >= 4 is 122 Å². The summed E-state index contributed by atoms with van der Waals surface area (Å²) >= 11 is 38.5. The summed E-state index contributed by atoms with van der Waals surface area (Å²) in [7, 11) is 1.65. The third-order valence-electron chi connectivity index (χ3n) is 21.5. The van der Waals surface area contributed by atoms with Crippen molar-refractivity contribution in [2.75, 3.05) is 7.11 Å². The number of fused-ring (bicyclic) bond motifs is 5. The van der Waals surface area contributed by atoms with Crippen LogP contribution in [0.25, 0.3) is 52.0 Å². The molecule has 0 unspecified atom stereocenters. The predicted molar refractivity (Wildman–Crippen MR) is 454 cm³/mol. The van der Waals surface area contributed by atoms with E-state index in [1.165, 1.54) is 35.4 Å². The molecule has 0 aliphatic heterocycles. The third-order valence-corrected chi connectivity index (χ3v) is 23.1. The molecule has 0 bridgehead atoms. The second kappa shape index (κ2) is 36.1. The average Bonchev–Trinajstić information content (AvgIpc) is 1.62. The molecule has 584 valence electrons. The lowest BCUT2D eigenvalue weighted by atomic mass is 9.87. The van der Waals surface area contributed by atoms with Gasteiger partial charge in [0.05, 0.1) is 86.7 Å². The van der Waals surface area contributed by atoms with Crippen LogP contribution < -0.4 is 20.7 Å². The number of aromatic nitrogens is 7. The van der Waals surface area contributed by atoms with Crippen LogP contribution in [0.1, 0.15) is 193 Å². The predicted octanol–water partition coefficient (Wildman–Crippen LogP) is 22.1. The van der Waals surface area contributed by atoms with Gasteiger partial charge in [-0.1, -0.05) is 161 Å². The number of rotatable bonds is 14. The fourth-order valence-electron chi connectivity index (χ4n) is 16.0. The van der Waals surface area contributed by atoms with Crippen molar-refractivity contribution < 1.29 is 33.0 Å². The number of hydrogen-bond acceptors (Lipinski definition) is 9. The number of aryl methyl sites for hydroxylation is 1. The average molecular weight is 1660 g/mol. The highest BCUT2D eigenvalue weighted by Crippen LogP contribution is 2.43. The van der Waals surface area contributed by atoms with Crippen LogP contribution in [-0.2, 0) is 38.6 Å². The van der Waals surface area contributed by atoms with Gasteiger partial charge in [-0.05, 0) is 273 Å². The molecule has 17 rings (SSSR count). The Balaban J connectivity index is 0.000000136. The van der Waals surface area contributed by atoms with E-state index in [1.807, 2.05) is 91.0 Å². The van der Waals surface area contributed by atoms with Gasteiger partial charge in [-0.2, -0.15) is 15.3 Å². The van der Waals surface area contributed by atoms with Crippen molar-refractivity contribution in [2.45, 2.75) is 127 Å². The number of methoxy groups -OCH3 is 1. The van der Waals surface area contributed by atoms with Crippen molar-refractivity contribution in [3.8, 4) is 22.8 Å². The fourth-order valence-corrected chi connectivity index (χ4v) is 17.4. The van der Waals surface area contributed by atoms with Gasteiger partial charge >= 0.3 is 0 Å². The molecule has 15 nitrogen and oxygen atoms in total. The quantitative estimate of drug-likeness (QED) is 0.0770. The molecule has 115 heavy (non-hydrogen) atoms. The van der Waals surface area contributed by atoms with Crippen LogP contribution in [0, 0.1) is 11.6 Å². The van der Waals surface area contributed by atoms with E-state index < -0.39 is 12.1 Å². The van der Waals surface area contributed by atoms with Crippen LogP contribution >= 0.6 is 69.6 Å². The second-order valence-corrected chi connectivity index (χ2v) is 31.6. The number of amides is 3. The molecule has 0 radical (unpaired) electrons. The monoisotopic (exact) mass is 1650 g/mol. The van der Waals surface area contributed by atoms with E-state index in [2.05, 4.69) is 51.3 Å². The van der Waals surface area contributed by atoms with Crippen molar-refractivity contribution in [2.24, 2.45) is 0 Å². The summed E-state index contributed by atoms with van der Waals surface area (Å²) in [6, 6.07) is 57.6. The van der Waals surface area contributed by atoms with Crippen LogP contribution in [0.3, 0.4) is 0 Å². The zero-order valence-corrected chi connectivity index (χ0v) is 67.3. The summed E-state index contributed by atoms with van der Waals surface area (Å²) in [6.45, 7) is 0.317. The molecule has 0 fully saturated rings. The first-order chi connectivity index (χ1) is 55.9. The molecule has 12 aromatic rings. The number of hydrogen-bond donors (Lipinski definition) is 4. The second-order valence-electron chi connectivity index (χ2n) is 29.1. The Labute approximate surface area is 695 Å². The van der Waals surface area contributed by atoms with Gasteiger partial charge in [-0.15, -0.1) is 0 Å². The summed E-state index contributed by atoms with van der Waals surface area (Å²) in [5.74, 6) is -0.546. The van der Waals surface area contributed by atoms with Crippen molar-refractivity contribution in [3.63, 3.8) is 0 Å². The SMILES string of the molecule is COc1ccc(/C=C2\CCCCc3c(C(=O)NCc4ccccn4)nn(-c4ccc(Cl)cc4Cl)c32)cc1.O=C(N[C@@H]1CCCc2ccccc21)c1nn(-c2ccc(Cl)cc2Cl)c2c1CCCC/C2=C\c1ccc(F)cc1.O=C(N[C@H]1c2ccccc2C[C@H]1O)c1nn(-c2ccc(Cl)cc2Cl)c2c1CCCC/C2=C\c1ccc(F)cc1. The van der Waals surface area contributed by atoms with Crippen molar-refractivity contribution in [3.05, 3.63) is 338 Å². The smallest absolute Gasteiger partial charge is 0.272 e. The van der Waals surface area contributed by atoms with Gasteiger partial charge in [0.2, 0.25) is 0 Å². The number of aliphatic hydroxyl groups is 1. The highest BCUT2D eigenvalue weighted by atomic mass is 35.5. The Morgan fingerprint density at radius 2 is 0.887 bits per heavy atom. The highest BCUT2D eigenvalue weighted by molar-refractivity contribution is 6.37.